The van der Waals surface area contributed by atoms with Crippen LogP contribution in [0.5, 0.6) is 0 Å². The zero-order valence-electron chi connectivity index (χ0n) is 8.08. The van der Waals surface area contributed by atoms with Gasteiger partial charge in [0.1, 0.15) is 0 Å². The van der Waals surface area contributed by atoms with Crippen molar-refractivity contribution in [1.82, 2.24) is 0 Å². The lowest BCUT2D eigenvalue weighted by Crippen LogP contribution is -1.97. The number of benzene rings is 1. The predicted octanol–water partition coefficient (Wildman–Crippen LogP) is 0.750. The Bertz CT molecular complexity index is 184. The van der Waals surface area contributed by atoms with E-state index in [0.717, 1.165) is 0 Å². The van der Waals surface area contributed by atoms with Crippen LogP contribution in [0.15, 0.2) is 30.3 Å². The van der Waals surface area contributed by atoms with Gasteiger partial charge in [-0.25, -0.2) is 5.11 Å². The van der Waals surface area contributed by atoms with E-state index in [4.69, 9.17) is 0 Å². The van der Waals surface area contributed by atoms with Crippen molar-refractivity contribution in [3.63, 3.8) is 0 Å². The molecule has 0 aromatic heterocycles. The van der Waals surface area contributed by atoms with Gasteiger partial charge in [0, 0.05) is 10.2 Å². The molecule has 0 atom stereocenters. The topological polar surface area (TPSA) is 19.9 Å². The molecule has 0 amide bonds. The summed E-state index contributed by atoms with van der Waals surface area (Å²) in [5.41, 5.74) is 0. The van der Waals surface area contributed by atoms with E-state index >= 15 is 0 Å². The highest BCUT2D eigenvalue weighted by molar-refractivity contribution is 6.32. The largest absolute Gasteiger partial charge is 0.236 e. The van der Waals surface area contributed by atoms with Crippen LogP contribution in [0.2, 0.25) is 0 Å². The first-order valence-corrected chi connectivity index (χ1v) is 5.26. The minimum Gasteiger partial charge on any atom is -0.236 e. The molecule has 0 spiro atoms. The van der Waals surface area contributed by atoms with Crippen LogP contribution in [-0.2, 0) is 5.11 Å². The second-order valence-corrected chi connectivity index (χ2v) is 4.37. The van der Waals surface area contributed by atoms with Gasteiger partial charge in [-0.3, -0.25) is 0 Å². The zero-order valence-corrected chi connectivity index (χ0v) is 10.1. The molecule has 1 aromatic rings. The standard InChI is InChI=1S/C6H8Si.C4H9O/c7-6-4-2-1-3-5-6;1-4(2)3-5/h1-5H,7H3;4H,3H2,1-2H3. The SMILES string of the molecule is CC(C)C[O].[SiH3]c1ccccc1. The van der Waals surface area contributed by atoms with Gasteiger partial charge in [-0.1, -0.05) is 49.4 Å². The van der Waals surface area contributed by atoms with Crippen molar-refractivity contribution < 1.29 is 5.11 Å². The highest BCUT2D eigenvalue weighted by Crippen LogP contribution is 1.84. The molecule has 1 aromatic carbocycles. The molecule has 1 rings (SSSR count). The van der Waals surface area contributed by atoms with Gasteiger partial charge in [-0.05, 0) is 5.92 Å². The highest BCUT2D eigenvalue weighted by atomic mass is 28.1. The molecule has 0 saturated carbocycles. The molecule has 12 heavy (non-hydrogen) atoms. The fraction of sp³-hybridized carbons (Fsp3) is 0.400. The molecule has 0 N–H and O–H groups in total. The molecular formula is C10H17OSi. The lowest BCUT2D eigenvalue weighted by atomic mass is 10.2. The lowest BCUT2D eigenvalue weighted by molar-refractivity contribution is 0.158. The third kappa shape index (κ3) is 7.50. The maximum atomic E-state index is 9.63. The van der Waals surface area contributed by atoms with Gasteiger partial charge in [0.05, 0.1) is 6.61 Å². The molecule has 1 radical (unpaired) electrons. The Kier molecular flexibility index (Phi) is 6.71. The van der Waals surface area contributed by atoms with Crippen molar-refractivity contribution in [1.29, 1.82) is 0 Å². The molecule has 2 heteroatoms. The van der Waals surface area contributed by atoms with Crippen LogP contribution in [0, 0.1) is 5.92 Å². The molecule has 0 bridgehead atoms. The first-order chi connectivity index (χ1) is 5.66. The van der Waals surface area contributed by atoms with E-state index < -0.39 is 0 Å². The maximum Gasteiger partial charge on any atom is 0.0845 e. The molecule has 0 saturated heterocycles. The summed E-state index contributed by atoms with van der Waals surface area (Å²) >= 11 is 0. The number of rotatable bonds is 1. The van der Waals surface area contributed by atoms with Gasteiger partial charge in [-0.15, -0.1) is 0 Å². The molecule has 0 heterocycles. The van der Waals surface area contributed by atoms with Gasteiger partial charge in [0.2, 0.25) is 0 Å². The Labute approximate surface area is 77.9 Å². The van der Waals surface area contributed by atoms with Crippen LogP contribution in [0.3, 0.4) is 0 Å². The lowest BCUT2D eigenvalue weighted by Gasteiger charge is -1.87. The Morgan fingerprint density at radius 1 is 1.25 bits per heavy atom. The summed E-state index contributed by atoms with van der Waals surface area (Å²) in [6.07, 6.45) is 0. The Hall–Kier alpha value is -0.603. The minimum atomic E-state index is 0.0556. The first kappa shape index (κ1) is 11.4. The average Bonchev–Trinajstić information content (AvgIpc) is 2.07. The van der Waals surface area contributed by atoms with E-state index in [1.807, 2.05) is 19.9 Å². The van der Waals surface area contributed by atoms with Crippen molar-refractivity contribution in [3.05, 3.63) is 30.3 Å². The number of hydrogen-bond acceptors (Lipinski definition) is 0. The molecular weight excluding hydrogens is 164 g/mol. The summed E-state index contributed by atoms with van der Waals surface area (Å²) in [4.78, 5) is 0. The highest BCUT2D eigenvalue weighted by Gasteiger charge is 1.83. The molecule has 0 aliphatic carbocycles. The summed E-state index contributed by atoms with van der Waals surface area (Å²) in [5.74, 6) is 0.329. The second kappa shape index (κ2) is 7.07. The Morgan fingerprint density at radius 3 is 1.83 bits per heavy atom. The third-order valence-electron chi connectivity index (χ3n) is 1.27. The van der Waals surface area contributed by atoms with Crippen molar-refractivity contribution in [2.75, 3.05) is 6.61 Å². The van der Waals surface area contributed by atoms with E-state index in [9.17, 15) is 5.11 Å². The van der Waals surface area contributed by atoms with Gasteiger partial charge < -0.3 is 0 Å². The van der Waals surface area contributed by atoms with Crippen LogP contribution in [0.25, 0.3) is 0 Å². The Morgan fingerprint density at radius 2 is 1.67 bits per heavy atom. The zero-order chi connectivity index (χ0) is 9.40. The Balaban J connectivity index is 0.000000217. The summed E-state index contributed by atoms with van der Waals surface area (Å²) < 4.78 is 0. The minimum absolute atomic E-state index is 0.0556. The van der Waals surface area contributed by atoms with Crippen molar-refractivity contribution in [2.45, 2.75) is 13.8 Å². The van der Waals surface area contributed by atoms with Gasteiger partial charge in [0.15, 0.2) is 0 Å². The molecule has 0 unspecified atom stereocenters. The summed E-state index contributed by atoms with van der Waals surface area (Å²) in [6, 6.07) is 10.5. The second-order valence-electron chi connectivity index (χ2n) is 3.22. The normalized spacial score (nSPS) is 9.33. The van der Waals surface area contributed by atoms with Crippen molar-refractivity contribution in [3.8, 4) is 0 Å². The van der Waals surface area contributed by atoms with Crippen molar-refractivity contribution in [2.24, 2.45) is 5.92 Å². The van der Waals surface area contributed by atoms with Crippen LogP contribution in [0.4, 0.5) is 0 Å². The van der Waals surface area contributed by atoms with Crippen LogP contribution >= 0.6 is 0 Å². The quantitative estimate of drug-likeness (QED) is 0.570. The summed E-state index contributed by atoms with van der Waals surface area (Å²) in [7, 11) is 1.17. The van der Waals surface area contributed by atoms with Gasteiger partial charge in [0.25, 0.3) is 0 Å². The molecule has 0 aliphatic heterocycles. The molecule has 67 valence electrons. The first-order valence-electron chi connectivity index (χ1n) is 4.26. The molecule has 0 aliphatic rings. The van der Waals surface area contributed by atoms with E-state index in [0.29, 0.717) is 5.92 Å². The van der Waals surface area contributed by atoms with E-state index in [2.05, 4.69) is 24.3 Å². The molecule has 0 fully saturated rings. The van der Waals surface area contributed by atoms with Crippen molar-refractivity contribution >= 4 is 15.4 Å². The third-order valence-corrected chi connectivity index (χ3v) is 1.94. The summed E-state index contributed by atoms with van der Waals surface area (Å²) in [5, 5.41) is 11.1. The van der Waals surface area contributed by atoms with E-state index in [1.54, 1.807) is 0 Å². The van der Waals surface area contributed by atoms with Gasteiger partial charge in [-0.2, -0.15) is 0 Å². The summed E-state index contributed by atoms with van der Waals surface area (Å²) in [6.45, 7) is 3.88. The number of hydrogen-bond donors (Lipinski definition) is 0. The molecule has 1 nitrogen and oxygen atoms in total. The van der Waals surface area contributed by atoms with Gasteiger partial charge >= 0.3 is 0 Å². The van der Waals surface area contributed by atoms with E-state index in [-0.39, 0.29) is 6.61 Å². The fourth-order valence-corrected chi connectivity index (χ4v) is 0.919. The predicted molar refractivity (Wildman–Crippen MR) is 56.4 cm³/mol. The average molecular weight is 181 g/mol. The van der Waals surface area contributed by atoms with E-state index in [1.165, 1.54) is 15.4 Å². The fourth-order valence-electron chi connectivity index (χ4n) is 0.534. The van der Waals surface area contributed by atoms with Crippen LogP contribution in [-0.4, -0.2) is 16.8 Å². The monoisotopic (exact) mass is 181 g/mol. The smallest absolute Gasteiger partial charge is 0.0845 e. The van der Waals surface area contributed by atoms with Crippen LogP contribution < -0.4 is 5.19 Å². The van der Waals surface area contributed by atoms with Crippen LogP contribution in [0.1, 0.15) is 13.8 Å². The maximum absolute atomic E-state index is 9.63.